The first-order chi connectivity index (χ1) is 8.43. The SMILES string of the molecule is CC1(C)Oc2cc(C3(C(=O)O)CCC3)ccc2S1. The van der Waals surface area contributed by atoms with Crippen LogP contribution in [0.5, 0.6) is 5.75 Å². The summed E-state index contributed by atoms with van der Waals surface area (Å²) in [6.07, 6.45) is 2.46. The van der Waals surface area contributed by atoms with E-state index in [-0.39, 0.29) is 4.93 Å². The molecule has 0 amide bonds. The summed E-state index contributed by atoms with van der Waals surface area (Å²) >= 11 is 1.68. The van der Waals surface area contributed by atoms with E-state index < -0.39 is 11.4 Å². The van der Waals surface area contributed by atoms with Gasteiger partial charge in [-0.1, -0.05) is 24.2 Å². The first-order valence-electron chi connectivity index (χ1n) is 6.19. The molecule has 0 saturated heterocycles. The molecule has 1 aliphatic carbocycles. The molecule has 1 heterocycles. The third-order valence-electron chi connectivity index (χ3n) is 3.82. The van der Waals surface area contributed by atoms with Crippen LogP contribution in [-0.4, -0.2) is 16.0 Å². The Morgan fingerprint density at radius 2 is 2.11 bits per heavy atom. The highest BCUT2D eigenvalue weighted by molar-refractivity contribution is 8.00. The number of carbonyl (C=O) groups is 1. The lowest BCUT2D eigenvalue weighted by molar-refractivity contribution is -0.147. The Morgan fingerprint density at radius 1 is 1.39 bits per heavy atom. The molecule has 1 aromatic rings. The molecule has 0 atom stereocenters. The highest BCUT2D eigenvalue weighted by Gasteiger charge is 2.46. The largest absolute Gasteiger partial charge is 0.481 e. The van der Waals surface area contributed by atoms with E-state index in [1.807, 2.05) is 32.0 Å². The zero-order valence-electron chi connectivity index (χ0n) is 10.5. The standard InChI is InChI=1S/C14H16O3S/c1-13(2)17-10-8-9(4-5-11(10)18-13)14(12(15)16)6-3-7-14/h4-5,8H,3,6-7H2,1-2H3,(H,15,16). The monoisotopic (exact) mass is 264 g/mol. The van der Waals surface area contributed by atoms with Gasteiger partial charge in [0, 0.05) is 0 Å². The summed E-state index contributed by atoms with van der Waals surface area (Å²) in [5.74, 6) is 0.119. The van der Waals surface area contributed by atoms with Gasteiger partial charge in [0.15, 0.2) is 4.93 Å². The van der Waals surface area contributed by atoms with Gasteiger partial charge in [0.1, 0.15) is 5.75 Å². The van der Waals surface area contributed by atoms with Crippen LogP contribution in [0.15, 0.2) is 23.1 Å². The van der Waals surface area contributed by atoms with E-state index in [2.05, 4.69) is 0 Å². The molecule has 1 aromatic carbocycles. The molecule has 96 valence electrons. The van der Waals surface area contributed by atoms with E-state index in [9.17, 15) is 9.90 Å². The van der Waals surface area contributed by atoms with Crippen molar-refractivity contribution in [3.05, 3.63) is 23.8 Å². The second kappa shape index (κ2) is 3.67. The molecule has 1 N–H and O–H groups in total. The van der Waals surface area contributed by atoms with Gasteiger partial charge in [-0.2, -0.15) is 0 Å². The van der Waals surface area contributed by atoms with Crippen molar-refractivity contribution in [3.63, 3.8) is 0 Å². The minimum absolute atomic E-state index is 0.253. The van der Waals surface area contributed by atoms with Gasteiger partial charge in [-0.25, -0.2) is 0 Å². The highest BCUT2D eigenvalue weighted by Crippen LogP contribution is 2.51. The number of hydrogen-bond donors (Lipinski definition) is 1. The lowest BCUT2D eigenvalue weighted by Gasteiger charge is -2.38. The maximum Gasteiger partial charge on any atom is 0.314 e. The van der Waals surface area contributed by atoms with Crippen molar-refractivity contribution < 1.29 is 14.6 Å². The number of benzene rings is 1. The van der Waals surface area contributed by atoms with Crippen molar-refractivity contribution in [2.24, 2.45) is 0 Å². The molecular formula is C14H16O3S. The molecule has 0 spiro atoms. The molecule has 0 unspecified atom stereocenters. The average Bonchev–Trinajstić information content (AvgIpc) is 2.48. The molecule has 18 heavy (non-hydrogen) atoms. The number of carboxylic acid groups (broad SMARTS) is 1. The summed E-state index contributed by atoms with van der Waals surface area (Å²) in [6, 6.07) is 5.86. The van der Waals surface area contributed by atoms with E-state index >= 15 is 0 Å². The van der Waals surface area contributed by atoms with Crippen LogP contribution in [-0.2, 0) is 10.2 Å². The quantitative estimate of drug-likeness (QED) is 0.889. The van der Waals surface area contributed by atoms with Crippen LogP contribution in [0, 0.1) is 0 Å². The summed E-state index contributed by atoms with van der Waals surface area (Å²) in [5.41, 5.74) is 0.216. The minimum Gasteiger partial charge on any atom is -0.481 e. The van der Waals surface area contributed by atoms with Crippen molar-refractivity contribution in [2.45, 2.75) is 48.4 Å². The Kier molecular flexibility index (Phi) is 2.43. The molecule has 1 aliphatic heterocycles. The van der Waals surface area contributed by atoms with Gasteiger partial charge in [-0.05, 0) is 44.4 Å². The summed E-state index contributed by atoms with van der Waals surface area (Å²) in [4.78, 5) is 12.3. The zero-order chi connectivity index (χ0) is 13.0. The van der Waals surface area contributed by atoms with E-state index in [0.717, 1.165) is 35.5 Å². The number of ether oxygens (including phenoxy) is 1. The van der Waals surface area contributed by atoms with Crippen LogP contribution in [0.2, 0.25) is 0 Å². The van der Waals surface area contributed by atoms with Crippen molar-refractivity contribution in [1.82, 2.24) is 0 Å². The van der Waals surface area contributed by atoms with Gasteiger partial charge in [0.2, 0.25) is 0 Å². The van der Waals surface area contributed by atoms with Gasteiger partial charge in [0.25, 0.3) is 0 Å². The molecule has 3 nitrogen and oxygen atoms in total. The van der Waals surface area contributed by atoms with Gasteiger partial charge >= 0.3 is 5.97 Å². The van der Waals surface area contributed by atoms with Crippen LogP contribution < -0.4 is 4.74 Å². The maximum absolute atomic E-state index is 11.5. The minimum atomic E-state index is -0.710. The highest BCUT2D eigenvalue weighted by atomic mass is 32.2. The van der Waals surface area contributed by atoms with Gasteiger partial charge in [0.05, 0.1) is 10.3 Å². The van der Waals surface area contributed by atoms with E-state index in [1.165, 1.54) is 0 Å². The fourth-order valence-corrected chi connectivity index (χ4v) is 3.67. The predicted molar refractivity (Wildman–Crippen MR) is 70.2 cm³/mol. The predicted octanol–water partition coefficient (Wildman–Crippen LogP) is 3.41. The Balaban J connectivity index is 2.00. The first-order valence-corrected chi connectivity index (χ1v) is 7.01. The topological polar surface area (TPSA) is 46.5 Å². The van der Waals surface area contributed by atoms with Crippen LogP contribution >= 0.6 is 11.8 Å². The number of thioether (sulfide) groups is 1. The maximum atomic E-state index is 11.5. The van der Waals surface area contributed by atoms with Crippen LogP contribution in [0.3, 0.4) is 0 Å². The van der Waals surface area contributed by atoms with Crippen LogP contribution in [0.1, 0.15) is 38.7 Å². The van der Waals surface area contributed by atoms with Crippen molar-refractivity contribution in [2.75, 3.05) is 0 Å². The molecule has 1 fully saturated rings. The molecule has 0 bridgehead atoms. The number of fused-ring (bicyclic) bond motifs is 1. The lowest BCUT2D eigenvalue weighted by atomic mass is 9.64. The molecule has 4 heteroatoms. The Hall–Kier alpha value is -1.16. The fraction of sp³-hybridized carbons (Fsp3) is 0.500. The summed E-state index contributed by atoms with van der Waals surface area (Å²) in [5, 5.41) is 9.44. The van der Waals surface area contributed by atoms with E-state index in [0.29, 0.717) is 0 Å². The Morgan fingerprint density at radius 3 is 2.67 bits per heavy atom. The second-order valence-corrected chi connectivity index (χ2v) is 7.13. The smallest absolute Gasteiger partial charge is 0.314 e. The lowest BCUT2D eigenvalue weighted by Crippen LogP contribution is -2.42. The number of hydrogen-bond acceptors (Lipinski definition) is 3. The first kappa shape index (κ1) is 11.9. The molecule has 2 aliphatic rings. The second-order valence-electron chi connectivity index (χ2n) is 5.51. The van der Waals surface area contributed by atoms with Gasteiger partial charge < -0.3 is 9.84 Å². The number of aliphatic carboxylic acids is 1. The van der Waals surface area contributed by atoms with Gasteiger partial charge in [-0.15, -0.1) is 0 Å². The fourth-order valence-electron chi connectivity index (χ4n) is 2.68. The average molecular weight is 264 g/mol. The molecule has 1 saturated carbocycles. The molecule has 0 aromatic heterocycles. The Labute approximate surface area is 111 Å². The molecular weight excluding hydrogens is 248 g/mol. The third-order valence-corrected chi connectivity index (χ3v) is 4.96. The summed E-state index contributed by atoms with van der Waals surface area (Å²) < 4.78 is 5.85. The van der Waals surface area contributed by atoms with Crippen LogP contribution in [0.25, 0.3) is 0 Å². The summed E-state index contributed by atoms with van der Waals surface area (Å²) in [7, 11) is 0. The molecule has 3 rings (SSSR count). The van der Waals surface area contributed by atoms with Crippen molar-refractivity contribution in [1.29, 1.82) is 0 Å². The van der Waals surface area contributed by atoms with Crippen molar-refractivity contribution in [3.8, 4) is 5.75 Å². The normalized spacial score (nSPS) is 22.8. The van der Waals surface area contributed by atoms with Crippen molar-refractivity contribution >= 4 is 17.7 Å². The summed E-state index contributed by atoms with van der Waals surface area (Å²) in [6.45, 7) is 4.04. The number of rotatable bonds is 2. The third kappa shape index (κ3) is 1.62. The zero-order valence-corrected chi connectivity index (χ0v) is 11.3. The van der Waals surface area contributed by atoms with E-state index in [1.54, 1.807) is 11.8 Å². The Bertz CT molecular complexity index is 518. The molecule has 0 radical (unpaired) electrons. The van der Waals surface area contributed by atoms with E-state index in [4.69, 9.17) is 4.74 Å². The van der Waals surface area contributed by atoms with Gasteiger partial charge in [-0.3, -0.25) is 4.79 Å². The number of carboxylic acids is 1. The van der Waals surface area contributed by atoms with Crippen LogP contribution in [0.4, 0.5) is 0 Å².